The normalized spacial score (nSPS) is 17.7. The van der Waals surface area contributed by atoms with Gasteiger partial charge in [-0.1, -0.05) is 30.3 Å². The molecule has 6 heteroatoms. The van der Waals surface area contributed by atoms with Gasteiger partial charge >= 0.3 is 0 Å². The number of aromatic nitrogens is 3. The van der Waals surface area contributed by atoms with Gasteiger partial charge < -0.3 is 14.2 Å². The van der Waals surface area contributed by atoms with Gasteiger partial charge in [0.05, 0.1) is 6.42 Å². The van der Waals surface area contributed by atoms with Crippen molar-refractivity contribution in [1.29, 1.82) is 0 Å². The van der Waals surface area contributed by atoms with Crippen molar-refractivity contribution in [2.45, 2.75) is 39.0 Å². The summed E-state index contributed by atoms with van der Waals surface area (Å²) in [6.07, 6.45) is 1.16. The quantitative estimate of drug-likeness (QED) is 0.857. The molecule has 2 aromatic rings. The van der Waals surface area contributed by atoms with Crippen LogP contribution in [0.25, 0.3) is 0 Å². The number of rotatable bonds is 4. The molecule has 0 saturated heterocycles. The molecule has 122 valence electrons. The van der Waals surface area contributed by atoms with E-state index in [1.165, 1.54) is 0 Å². The van der Waals surface area contributed by atoms with Crippen LogP contribution in [0.5, 0.6) is 0 Å². The number of carbonyl (C=O) groups is 1. The molecule has 0 fully saturated rings. The first kappa shape index (κ1) is 15.7. The molecule has 0 radical (unpaired) electrons. The summed E-state index contributed by atoms with van der Waals surface area (Å²) in [4.78, 5) is 14.6. The van der Waals surface area contributed by atoms with Crippen molar-refractivity contribution in [2.24, 2.45) is 0 Å². The number of benzene rings is 1. The van der Waals surface area contributed by atoms with E-state index in [9.17, 15) is 4.79 Å². The summed E-state index contributed by atoms with van der Waals surface area (Å²) in [5.74, 6) is 1.92. The molecule has 1 aromatic carbocycles. The second-order valence-electron chi connectivity index (χ2n) is 5.92. The molecule has 1 aliphatic rings. The smallest absolute Gasteiger partial charge is 0.227 e. The molecule has 1 atom stereocenters. The molecule has 3 rings (SSSR count). The monoisotopic (exact) mass is 314 g/mol. The Morgan fingerprint density at radius 1 is 1.26 bits per heavy atom. The van der Waals surface area contributed by atoms with E-state index in [4.69, 9.17) is 4.74 Å². The SMILES string of the molecule is COCc1nnc2n1CCN(C(=O)Cc1ccccc1)C(C)C2. The predicted octanol–water partition coefficient (Wildman–Crippen LogP) is 1.44. The lowest BCUT2D eigenvalue weighted by Crippen LogP contribution is -2.41. The van der Waals surface area contributed by atoms with Crippen molar-refractivity contribution in [2.75, 3.05) is 13.7 Å². The molecule has 1 aliphatic heterocycles. The molecule has 2 heterocycles. The van der Waals surface area contributed by atoms with E-state index in [2.05, 4.69) is 21.7 Å². The third kappa shape index (κ3) is 3.42. The molecule has 6 nitrogen and oxygen atoms in total. The minimum atomic E-state index is 0.118. The average Bonchev–Trinajstić information content (AvgIpc) is 2.82. The lowest BCUT2D eigenvalue weighted by Gasteiger charge is -2.26. The summed E-state index contributed by atoms with van der Waals surface area (Å²) in [6.45, 7) is 3.91. The largest absolute Gasteiger partial charge is 0.377 e. The van der Waals surface area contributed by atoms with Crippen molar-refractivity contribution in [1.82, 2.24) is 19.7 Å². The van der Waals surface area contributed by atoms with E-state index < -0.39 is 0 Å². The van der Waals surface area contributed by atoms with Crippen LogP contribution in [0.4, 0.5) is 0 Å². The Hall–Kier alpha value is -2.21. The van der Waals surface area contributed by atoms with Gasteiger partial charge in [-0.15, -0.1) is 10.2 Å². The number of hydrogen-bond acceptors (Lipinski definition) is 4. The first-order valence-electron chi connectivity index (χ1n) is 7.92. The van der Waals surface area contributed by atoms with Crippen LogP contribution in [-0.2, 0) is 35.5 Å². The molecule has 0 N–H and O–H groups in total. The van der Waals surface area contributed by atoms with Gasteiger partial charge in [-0.3, -0.25) is 4.79 Å². The van der Waals surface area contributed by atoms with E-state index in [0.29, 0.717) is 26.1 Å². The van der Waals surface area contributed by atoms with Crippen molar-refractivity contribution < 1.29 is 9.53 Å². The highest BCUT2D eigenvalue weighted by atomic mass is 16.5. The second kappa shape index (κ2) is 6.91. The first-order valence-corrected chi connectivity index (χ1v) is 7.92. The summed E-state index contributed by atoms with van der Waals surface area (Å²) < 4.78 is 7.25. The maximum absolute atomic E-state index is 12.7. The predicted molar refractivity (Wildman–Crippen MR) is 85.8 cm³/mol. The molecular weight excluding hydrogens is 292 g/mol. The number of ether oxygens (including phenoxy) is 1. The lowest BCUT2D eigenvalue weighted by atomic mass is 10.1. The highest BCUT2D eigenvalue weighted by Crippen LogP contribution is 2.16. The van der Waals surface area contributed by atoms with Gasteiger partial charge in [-0.25, -0.2) is 0 Å². The summed E-state index contributed by atoms with van der Waals surface area (Å²) in [7, 11) is 1.65. The maximum atomic E-state index is 12.7. The molecule has 0 aliphatic carbocycles. The van der Waals surface area contributed by atoms with E-state index in [1.54, 1.807) is 7.11 Å². The van der Waals surface area contributed by atoms with Gasteiger partial charge in [-0.2, -0.15) is 0 Å². The fourth-order valence-electron chi connectivity index (χ4n) is 3.06. The van der Waals surface area contributed by atoms with Crippen LogP contribution in [-0.4, -0.2) is 45.3 Å². The number of fused-ring (bicyclic) bond motifs is 1. The third-order valence-corrected chi connectivity index (χ3v) is 4.27. The summed E-state index contributed by atoms with van der Waals surface area (Å²) in [5, 5.41) is 8.44. The molecule has 0 saturated carbocycles. The zero-order chi connectivity index (χ0) is 16.2. The van der Waals surface area contributed by atoms with Crippen LogP contribution in [0.15, 0.2) is 30.3 Å². The summed E-state index contributed by atoms with van der Waals surface area (Å²) in [5.41, 5.74) is 1.05. The van der Waals surface area contributed by atoms with E-state index in [0.717, 1.165) is 23.6 Å². The number of methoxy groups -OCH3 is 1. The molecule has 0 spiro atoms. The minimum Gasteiger partial charge on any atom is -0.377 e. The summed E-state index contributed by atoms with van der Waals surface area (Å²) in [6, 6.07) is 10.00. The van der Waals surface area contributed by atoms with Crippen LogP contribution < -0.4 is 0 Å². The third-order valence-electron chi connectivity index (χ3n) is 4.27. The van der Waals surface area contributed by atoms with Gasteiger partial charge in [0.2, 0.25) is 5.91 Å². The highest BCUT2D eigenvalue weighted by Gasteiger charge is 2.27. The van der Waals surface area contributed by atoms with Gasteiger partial charge in [0.1, 0.15) is 12.4 Å². The Bertz CT molecular complexity index is 668. The Morgan fingerprint density at radius 3 is 2.78 bits per heavy atom. The molecule has 1 amide bonds. The van der Waals surface area contributed by atoms with Gasteiger partial charge in [-0.05, 0) is 12.5 Å². The van der Waals surface area contributed by atoms with Crippen LogP contribution >= 0.6 is 0 Å². The second-order valence-corrected chi connectivity index (χ2v) is 5.92. The van der Waals surface area contributed by atoms with E-state index in [1.807, 2.05) is 35.2 Å². The van der Waals surface area contributed by atoms with E-state index >= 15 is 0 Å². The first-order chi connectivity index (χ1) is 11.2. The van der Waals surface area contributed by atoms with Crippen LogP contribution in [0.2, 0.25) is 0 Å². The fraction of sp³-hybridized carbons (Fsp3) is 0.471. The van der Waals surface area contributed by atoms with Gasteiger partial charge in [0.15, 0.2) is 5.82 Å². The van der Waals surface area contributed by atoms with Gasteiger partial charge in [0.25, 0.3) is 0 Å². The van der Waals surface area contributed by atoms with Crippen LogP contribution in [0, 0.1) is 0 Å². The zero-order valence-corrected chi connectivity index (χ0v) is 13.6. The van der Waals surface area contributed by atoms with Crippen molar-refractivity contribution in [3.63, 3.8) is 0 Å². The number of nitrogens with zero attached hydrogens (tertiary/aromatic N) is 4. The van der Waals surface area contributed by atoms with Crippen LogP contribution in [0.1, 0.15) is 24.1 Å². The summed E-state index contributed by atoms with van der Waals surface area (Å²) >= 11 is 0. The molecular formula is C17H22N4O2. The zero-order valence-electron chi connectivity index (χ0n) is 13.6. The topological polar surface area (TPSA) is 60.3 Å². The number of hydrogen-bond donors (Lipinski definition) is 0. The standard InChI is InChI=1S/C17H22N4O2/c1-13-10-15-18-19-16(12-23-2)21(15)9-8-20(13)17(22)11-14-6-4-3-5-7-14/h3-7,13H,8-12H2,1-2H3. The number of amides is 1. The Labute approximate surface area is 136 Å². The van der Waals surface area contributed by atoms with Crippen molar-refractivity contribution >= 4 is 5.91 Å². The number of carbonyl (C=O) groups excluding carboxylic acids is 1. The maximum Gasteiger partial charge on any atom is 0.227 e. The average molecular weight is 314 g/mol. The highest BCUT2D eigenvalue weighted by molar-refractivity contribution is 5.79. The molecule has 23 heavy (non-hydrogen) atoms. The van der Waals surface area contributed by atoms with Crippen molar-refractivity contribution in [3.05, 3.63) is 47.5 Å². The fourth-order valence-corrected chi connectivity index (χ4v) is 3.06. The van der Waals surface area contributed by atoms with E-state index in [-0.39, 0.29) is 11.9 Å². The van der Waals surface area contributed by atoms with Gasteiger partial charge in [0, 0.05) is 32.7 Å². The molecule has 0 bridgehead atoms. The Morgan fingerprint density at radius 2 is 2.04 bits per heavy atom. The lowest BCUT2D eigenvalue weighted by molar-refractivity contribution is -0.132. The minimum absolute atomic E-state index is 0.118. The molecule has 1 unspecified atom stereocenters. The Balaban J connectivity index is 1.72. The molecule has 1 aromatic heterocycles. The van der Waals surface area contributed by atoms with Crippen LogP contribution in [0.3, 0.4) is 0 Å². The Kier molecular flexibility index (Phi) is 4.71. The van der Waals surface area contributed by atoms with Crippen molar-refractivity contribution in [3.8, 4) is 0 Å².